The molecule has 3 aromatic rings. The van der Waals surface area contributed by atoms with Crippen LogP contribution in [0, 0.1) is 5.92 Å². The number of aliphatic hydroxyl groups excluding tert-OH is 2. The Labute approximate surface area is 435 Å². The van der Waals surface area contributed by atoms with E-state index in [1.165, 1.54) is 0 Å². The molecule has 2 aromatic carbocycles. The average molecular weight is 1060 g/mol. The quantitative estimate of drug-likeness (QED) is 0.0339. The monoisotopic (exact) mass is 1060 g/mol. The molecule has 27 nitrogen and oxygen atoms in total. The van der Waals surface area contributed by atoms with Gasteiger partial charge >= 0.3 is 0 Å². The largest absolute Gasteiger partial charge is 0.394 e. The Morgan fingerprint density at radius 3 is 1.91 bits per heavy atom. The van der Waals surface area contributed by atoms with E-state index < -0.39 is 152 Å². The van der Waals surface area contributed by atoms with Gasteiger partial charge in [0.15, 0.2) is 0 Å². The van der Waals surface area contributed by atoms with Crippen LogP contribution >= 0.6 is 0 Å². The number of nitrogens with one attached hydrogen (secondary N) is 10. The van der Waals surface area contributed by atoms with Crippen molar-refractivity contribution in [2.24, 2.45) is 17.4 Å². The molecule has 0 bridgehead atoms. The summed E-state index contributed by atoms with van der Waals surface area (Å²) in [6, 6.07) is 3.98. The van der Waals surface area contributed by atoms with Crippen LogP contribution in [0.3, 0.4) is 0 Å². The van der Waals surface area contributed by atoms with Crippen molar-refractivity contribution in [2.45, 2.75) is 107 Å². The number of primary amides is 2. The van der Waals surface area contributed by atoms with Gasteiger partial charge in [-0.25, -0.2) is 0 Å². The van der Waals surface area contributed by atoms with Crippen molar-refractivity contribution in [1.29, 1.82) is 0 Å². The number of H-pyrrole nitrogens is 1. The van der Waals surface area contributed by atoms with E-state index in [4.69, 9.17) is 11.5 Å². The van der Waals surface area contributed by atoms with Gasteiger partial charge in [0.2, 0.25) is 70.9 Å². The molecule has 1 aromatic heterocycles. The highest BCUT2D eigenvalue weighted by atomic mass is 16.3. The third-order valence-electron chi connectivity index (χ3n) is 12.6. The van der Waals surface area contributed by atoms with Crippen molar-refractivity contribution < 1.29 is 67.7 Å². The molecular weight excluding hydrogens is 995 g/mol. The van der Waals surface area contributed by atoms with Gasteiger partial charge in [0.25, 0.3) is 0 Å². The third kappa shape index (κ3) is 16.5. The normalized spacial score (nSPS) is 17.4. The summed E-state index contributed by atoms with van der Waals surface area (Å²) in [6.45, 7) is 0.118. The lowest BCUT2D eigenvalue weighted by atomic mass is 10.0. The summed E-state index contributed by atoms with van der Waals surface area (Å²) in [5.74, 6) is -10.8. The minimum Gasteiger partial charge on any atom is -0.394 e. The Morgan fingerprint density at radius 2 is 1.28 bits per heavy atom. The third-order valence-corrected chi connectivity index (χ3v) is 12.6. The van der Waals surface area contributed by atoms with Crippen LogP contribution in [0.2, 0.25) is 0 Å². The van der Waals surface area contributed by atoms with E-state index in [0.717, 1.165) is 10.4 Å². The lowest BCUT2D eigenvalue weighted by Crippen LogP contribution is -2.61. The van der Waals surface area contributed by atoms with E-state index in [2.05, 4.69) is 52.8 Å². The smallest absolute Gasteiger partial charge is 0.248 e. The predicted molar refractivity (Wildman–Crippen MR) is 268 cm³/mol. The predicted octanol–water partition coefficient (Wildman–Crippen LogP) is -5.63. The van der Waals surface area contributed by atoms with Crippen LogP contribution < -0.4 is 59.3 Å². The van der Waals surface area contributed by atoms with Crippen molar-refractivity contribution in [2.75, 3.05) is 32.8 Å². The molecule has 0 unspecified atom stereocenters. The van der Waals surface area contributed by atoms with Gasteiger partial charge in [-0.2, -0.15) is 0 Å². The SMILES string of the molecule is CC(C)[C@H](NC(=O)[C@@H]1CCC(=O)N1)C(=O)N[C@@H](CC(N)=O)C(=O)N[C@@H](Cc1ccccc1)C(=O)N[C@@H](CO)C(=O)N1CCC[C@H]1C(=O)N[C@@H](CO)C(=O)N[C@@H](Cc1c[nH]c2ccccc12)C(=O)NCC(=O)NCC(N)=O. The standard InChI is InChI=1S/C49H65N13O14/c1-25(2)41(61-43(70)30-14-15-39(67)55-30)48(75)58-33(19-37(50)65)45(72)56-31(17-26-9-4-3-5-10-26)44(71)60-35(24-64)49(76)62-16-8-13-36(62)47(74)59-34(23-63)46(73)57-32(42(69)54-22-40(68)53-21-38(51)66)18-27-20-52-29-12-7-6-11-28(27)29/h3-7,9-12,20,25,30-36,41,52,63-64H,8,13-19,21-24H2,1-2H3,(H2,50,65)(H2,51,66)(H,53,68)(H,54,69)(H,55,67)(H,56,72)(H,57,73)(H,58,75)(H,59,74)(H,60,71)(H,61,70)/t30-,31-,32-,33-,34-,35-,36-,41-/m0/s1. The average Bonchev–Trinajstić information content (AvgIpc) is 4.17. The summed E-state index contributed by atoms with van der Waals surface area (Å²) in [6.07, 6.45) is 1.15. The van der Waals surface area contributed by atoms with Crippen LogP contribution in [-0.2, 0) is 70.4 Å². The van der Waals surface area contributed by atoms with Gasteiger partial charge in [0.1, 0.15) is 48.3 Å². The molecule has 2 aliphatic heterocycles. The highest BCUT2D eigenvalue weighted by Crippen LogP contribution is 2.21. The number of fused-ring (bicyclic) bond motifs is 1. The molecule has 8 atom stereocenters. The number of aromatic amines is 1. The number of rotatable bonds is 27. The Bertz CT molecular complexity index is 2650. The molecule has 0 radical (unpaired) electrons. The van der Waals surface area contributed by atoms with Crippen molar-refractivity contribution in [3.05, 3.63) is 71.9 Å². The number of hydrogen-bond donors (Lipinski definition) is 14. The highest BCUT2D eigenvalue weighted by Gasteiger charge is 2.41. The lowest BCUT2D eigenvalue weighted by molar-refractivity contribution is -0.143. The zero-order valence-corrected chi connectivity index (χ0v) is 41.9. The zero-order valence-electron chi connectivity index (χ0n) is 41.9. The molecule has 76 heavy (non-hydrogen) atoms. The number of likely N-dealkylation sites (tertiary alicyclic amines) is 1. The molecule has 0 saturated carbocycles. The molecule has 2 aliphatic rings. The first-order chi connectivity index (χ1) is 36.2. The van der Waals surface area contributed by atoms with E-state index >= 15 is 0 Å². The highest BCUT2D eigenvalue weighted by molar-refractivity contribution is 6.00. The topological polar surface area (TPSA) is 425 Å². The van der Waals surface area contributed by atoms with E-state index in [0.29, 0.717) is 16.5 Å². The lowest BCUT2D eigenvalue weighted by Gasteiger charge is -2.30. The van der Waals surface area contributed by atoms with Gasteiger partial charge in [-0.3, -0.25) is 57.5 Å². The molecule has 5 rings (SSSR count). The fourth-order valence-electron chi connectivity index (χ4n) is 8.57. The van der Waals surface area contributed by atoms with Gasteiger partial charge in [-0.1, -0.05) is 62.4 Å². The van der Waals surface area contributed by atoms with Gasteiger partial charge in [0.05, 0.1) is 32.7 Å². The van der Waals surface area contributed by atoms with E-state index in [9.17, 15) is 67.7 Å². The Kier molecular flexibility index (Phi) is 21.3. The summed E-state index contributed by atoms with van der Waals surface area (Å²) in [7, 11) is 0. The molecule has 2 saturated heterocycles. The molecule has 3 heterocycles. The first-order valence-electron chi connectivity index (χ1n) is 24.5. The number of amides is 12. The molecular formula is C49H65N13O14. The van der Waals surface area contributed by atoms with Crippen molar-refractivity contribution in [3.63, 3.8) is 0 Å². The summed E-state index contributed by atoms with van der Waals surface area (Å²) >= 11 is 0. The second-order valence-corrected chi connectivity index (χ2v) is 18.6. The molecule has 410 valence electrons. The summed E-state index contributed by atoms with van der Waals surface area (Å²) < 4.78 is 0. The first kappa shape index (κ1) is 58.4. The van der Waals surface area contributed by atoms with Crippen LogP contribution in [0.25, 0.3) is 10.9 Å². The first-order valence-corrected chi connectivity index (χ1v) is 24.5. The van der Waals surface area contributed by atoms with Gasteiger partial charge in [-0.05, 0) is 42.4 Å². The number of aliphatic hydroxyl groups is 2. The Balaban J connectivity index is 1.27. The second-order valence-electron chi connectivity index (χ2n) is 18.6. The zero-order chi connectivity index (χ0) is 55.6. The number of nitrogens with zero attached hydrogens (tertiary/aromatic N) is 1. The summed E-state index contributed by atoms with van der Waals surface area (Å²) in [5.41, 5.74) is 12.4. The second kappa shape index (κ2) is 27.7. The van der Waals surface area contributed by atoms with Gasteiger partial charge in [0, 0.05) is 42.9 Å². The Hall–Kier alpha value is -8.46. The van der Waals surface area contributed by atoms with Crippen LogP contribution in [0.5, 0.6) is 0 Å². The fourth-order valence-corrected chi connectivity index (χ4v) is 8.57. The van der Waals surface area contributed by atoms with Crippen LogP contribution in [0.15, 0.2) is 60.8 Å². The molecule has 0 aliphatic carbocycles. The van der Waals surface area contributed by atoms with Crippen LogP contribution in [-0.4, -0.2) is 172 Å². The van der Waals surface area contributed by atoms with Crippen LogP contribution in [0.1, 0.15) is 57.1 Å². The number of hydrogen-bond acceptors (Lipinski definition) is 14. The molecule has 16 N–H and O–H groups in total. The number of carbonyl (C=O) groups is 12. The van der Waals surface area contributed by atoms with Gasteiger partial charge < -0.3 is 79.4 Å². The minimum absolute atomic E-state index is 0.0466. The number of aromatic nitrogens is 1. The fraction of sp³-hybridized carbons (Fsp3) is 0.469. The van der Waals surface area contributed by atoms with E-state index in [1.54, 1.807) is 74.6 Å². The van der Waals surface area contributed by atoms with Crippen molar-refractivity contribution in [3.8, 4) is 0 Å². The molecule has 12 amide bonds. The van der Waals surface area contributed by atoms with Crippen LogP contribution in [0.4, 0.5) is 0 Å². The molecule has 27 heteroatoms. The van der Waals surface area contributed by atoms with Crippen molar-refractivity contribution in [1.82, 2.24) is 57.7 Å². The number of para-hydroxylation sites is 1. The number of carbonyl (C=O) groups excluding carboxylic acids is 12. The number of benzene rings is 2. The maximum Gasteiger partial charge on any atom is 0.248 e. The van der Waals surface area contributed by atoms with Crippen molar-refractivity contribution >= 4 is 81.8 Å². The van der Waals surface area contributed by atoms with E-state index in [1.807, 2.05) is 0 Å². The maximum atomic E-state index is 14.1. The Morgan fingerprint density at radius 1 is 0.658 bits per heavy atom. The molecule has 2 fully saturated rings. The minimum atomic E-state index is -1.71. The summed E-state index contributed by atoms with van der Waals surface area (Å²) in [5, 5.41) is 43.5. The summed E-state index contributed by atoms with van der Waals surface area (Å²) in [4.78, 5) is 161. The number of nitrogens with two attached hydrogens (primary N) is 2. The van der Waals surface area contributed by atoms with E-state index in [-0.39, 0.29) is 51.0 Å². The maximum absolute atomic E-state index is 14.1. The molecule has 0 spiro atoms. The van der Waals surface area contributed by atoms with Gasteiger partial charge in [-0.15, -0.1) is 0 Å².